The summed E-state index contributed by atoms with van der Waals surface area (Å²) >= 11 is 0. The smallest absolute Gasteiger partial charge is 0.407 e. The van der Waals surface area contributed by atoms with Crippen LogP contribution in [0.15, 0.2) is 24.4 Å². The largest absolute Gasteiger partial charge is 0.465 e. The Hall–Kier alpha value is -2.37. The van der Waals surface area contributed by atoms with Crippen LogP contribution in [-0.4, -0.2) is 39.5 Å². The molecular weight excluding hydrogens is 263 g/mol. The first-order valence-electron chi connectivity index (χ1n) is 6.38. The van der Waals surface area contributed by atoms with Gasteiger partial charge in [-0.15, -0.1) is 0 Å². The van der Waals surface area contributed by atoms with Gasteiger partial charge in [0.2, 0.25) is 0 Å². The van der Waals surface area contributed by atoms with Gasteiger partial charge in [-0.25, -0.2) is 9.18 Å². The molecule has 0 aliphatic carbocycles. The normalized spacial score (nSPS) is 18.6. The molecule has 5 nitrogen and oxygen atoms in total. The number of ketones is 1. The molecule has 20 heavy (non-hydrogen) atoms. The molecular formula is C14H13FN2O3. The monoisotopic (exact) mass is 276 g/mol. The van der Waals surface area contributed by atoms with Crippen LogP contribution in [0.5, 0.6) is 0 Å². The molecule has 0 radical (unpaired) electrons. The van der Waals surface area contributed by atoms with E-state index in [-0.39, 0.29) is 5.78 Å². The molecule has 1 amide bonds. The van der Waals surface area contributed by atoms with Gasteiger partial charge >= 0.3 is 6.09 Å². The molecule has 1 aliphatic heterocycles. The van der Waals surface area contributed by atoms with Crippen LogP contribution in [0.3, 0.4) is 0 Å². The number of likely N-dealkylation sites (tertiary alicyclic amines) is 1. The van der Waals surface area contributed by atoms with Gasteiger partial charge in [0.05, 0.1) is 6.04 Å². The van der Waals surface area contributed by atoms with Crippen LogP contribution in [-0.2, 0) is 0 Å². The second-order valence-electron chi connectivity index (χ2n) is 4.89. The molecule has 2 heterocycles. The summed E-state index contributed by atoms with van der Waals surface area (Å²) in [5.41, 5.74) is 1.01. The second kappa shape index (κ2) is 4.63. The zero-order valence-corrected chi connectivity index (χ0v) is 10.6. The van der Waals surface area contributed by atoms with Crippen LogP contribution in [0.2, 0.25) is 0 Å². The van der Waals surface area contributed by atoms with Crippen molar-refractivity contribution in [1.29, 1.82) is 0 Å². The number of amides is 1. The zero-order valence-electron chi connectivity index (χ0n) is 10.6. The van der Waals surface area contributed by atoms with Gasteiger partial charge in [0.25, 0.3) is 0 Å². The van der Waals surface area contributed by atoms with E-state index in [0.29, 0.717) is 35.9 Å². The SMILES string of the molecule is O=C(c1c[nH]c2ccc(F)cc12)C1CCCN1C(=O)O. The van der Waals surface area contributed by atoms with Crippen LogP contribution in [0.1, 0.15) is 23.2 Å². The van der Waals surface area contributed by atoms with Crippen molar-refractivity contribution >= 4 is 22.8 Å². The summed E-state index contributed by atoms with van der Waals surface area (Å²) in [5.74, 6) is -0.700. The molecule has 3 rings (SSSR count). The van der Waals surface area contributed by atoms with E-state index >= 15 is 0 Å². The van der Waals surface area contributed by atoms with Gasteiger partial charge in [-0.1, -0.05) is 0 Å². The molecule has 1 fully saturated rings. The van der Waals surface area contributed by atoms with Gasteiger partial charge < -0.3 is 10.1 Å². The van der Waals surface area contributed by atoms with Crippen LogP contribution in [0.25, 0.3) is 10.9 Å². The first-order chi connectivity index (χ1) is 9.58. The number of nitrogens with one attached hydrogen (secondary N) is 1. The van der Waals surface area contributed by atoms with Crippen molar-refractivity contribution in [1.82, 2.24) is 9.88 Å². The molecule has 1 atom stereocenters. The molecule has 6 heteroatoms. The Morgan fingerprint density at radius 3 is 2.95 bits per heavy atom. The highest BCUT2D eigenvalue weighted by Gasteiger charge is 2.35. The van der Waals surface area contributed by atoms with Gasteiger partial charge in [0.1, 0.15) is 5.82 Å². The van der Waals surface area contributed by atoms with E-state index in [2.05, 4.69) is 4.98 Å². The third-order valence-corrected chi connectivity index (χ3v) is 3.71. The Labute approximate surface area is 114 Å². The first-order valence-corrected chi connectivity index (χ1v) is 6.38. The zero-order chi connectivity index (χ0) is 14.3. The molecule has 104 valence electrons. The number of H-pyrrole nitrogens is 1. The van der Waals surface area contributed by atoms with E-state index in [9.17, 15) is 14.0 Å². The summed E-state index contributed by atoms with van der Waals surface area (Å²) in [5, 5.41) is 9.59. The molecule has 2 aromatic rings. The Kier molecular flexibility index (Phi) is 2.93. The number of nitrogens with zero attached hydrogens (tertiary/aromatic N) is 1. The third kappa shape index (κ3) is 1.93. The van der Waals surface area contributed by atoms with E-state index in [1.54, 1.807) is 6.07 Å². The minimum atomic E-state index is -1.09. The number of aromatic amines is 1. The fourth-order valence-electron chi connectivity index (χ4n) is 2.74. The molecule has 2 N–H and O–H groups in total. The average Bonchev–Trinajstić information content (AvgIpc) is 3.04. The number of hydrogen-bond donors (Lipinski definition) is 2. The first kappa shape index (κ1) is 12.7. The number of benzene rings is 1. The van der Waals surface area contributed by atoms with Crippen LogP contribution in [0, 0.1) is 5.82 Å². The van der Waals surface area contributed by atoms with Crippen molar-refractivity contribution in [3.63, 3.8) is 0 Å². The van der Waals surface area contributed by atoms with Crippen LogP contribution < -0.4 is 0 Å². The molecule has 1 saturated heterocycles. The summed E-state index contributed by atoms with van der Waals surface area (Å²) in [6.45, 7) is 0.364. The number of hydrogen-bond acceptors (Lipinski definition) is 2. The Morgan fingerprint density at radius 2 is 2.20 bits per heavy atom. The molecule has 1 aromatic heterocycles. The molecule has 0 saturated carbocycles. The number of rotatable bonds is 2. The molecule has 0 spiro atoms. The maximum Gasteiger partial charge on any atom is 0.407 e. The number of carbonyl (C=O) groups excluding carboxylic acids is 1. The van der Waals surface area contributed by atoms with Crippen molar-refractivity contribution in [2.75, 3.05) is 6.54 Å². The number of carboxylic acid groups (broad SMARTS) is 1. The summed E-state index contributed by atoms with van der Waals surface area (Å²) < 4.78 is 13.3. The van der Waals surface area contributed by atoms with Crippen LogP contribution >= 0.6 is 0 Å². The topological polar surface area (TPSA) is 73.4 Å². The number of carbonyl (C=O) groups is 2. The Bertz CT molecular complexity index is 695. The van der Waals surface area contributed by atoms with Crippen molar-refractivity contribution in [2.24, 2.45) is 0 Å². The van der Waals surface area contributed by atoms with Crippen molar-refractivity contribution < 1.29 is 19.1 Å². The van der Waals surface area contributed by atoms with Crippen LogP contribution in [0.4, 0.5) is 9.18 Å². The highest BCUT2D eigenvalue weighted by atomic mass is 19.1. The standard InChI is InChI=1S/C14H13FN2O3/c15-8-3-4-11-9(6-8)10(7-16-11)13(18)12-2-1-5-17(12)14(19)20/h3-4,6-7,12,16H,1-2,5H2,(H,19,20). The average molecular weight is 276 g/mol. The lowest BCUT2D eigenvalue weighted by atomic mass is 10.0. The molecule has 1 unspecified atom stereocenters. The summed E-state index contributed by atoms with van der Waals surface area (Å²) in [4.78, 5) is 27.7. The summed E-state index contributed by atoms with van der Waals surface area (Å²) in [6.07, 6.45) is 1.60. The molecule has 1 aliphatic rings. The maximum atomic E-state index is 13.3. The van der Waals surface area contributed by atoms with E-state index in [4.69, 9.17) is 5.11 Å². The summed E-state index contributed by atoms with van der Waals surface area (Å²) in [6, 6.07) is 3.49. The Balaban J connectivity index is 2.00. The van der Waals surface area contributed by atoms with E-state index < -0.39 is 18.0 Å². The number of aromatic nitrogens is 1. The second-order valence-corrected chi connectivity index (χ2v) is 4.89. The lowest BCUT2D eigenvalue weighted by Crippen LogP contribution is -2.39. The van der Waals surface area contributed by atoms with Crippen molar-refractivity contribution in [2.45, 2.75) is 18.9 Å². The van der Waals surface area contributed by atoms with Crippen molar-refractivity contribution in [3.05, 3.63) is 35.8 Å². The summed E-state index contributed by atoms with van der Waals surface area (Å²) in [7, 11) is 0. The number of halogens is 1. The van der Waals surface area contributed by atoms with Crippen molar-refractivity contribution in [3.8, 4) is 0 Å². The van der Waals surface area contributed by atoms with E-state index in [1.165, 1.54) is 18.3 Å². The third-order valence-electron chi connectivity index (χ3n) is 3.71. The number of Topliss-reactive ketones (excluding diaryl/α,β-unsaturated/α-hetero) is 1. The van der Waals surface area contributed by atoms with Gasteiger partial charge in [0.15, 0.2) is 5.78 Å². The Morgan fingerprint density at radius 1 is 1.40 bits per heavy atom. The predicted octanol–water partition coefficient (Wildman–Crippen LogP) is 2.63. The van der Waals surface area contributed by atoms with Gasteiger partial charge in [0, 0.05) is 29.2 Å². The van der Waals surface area contributed by atoms with Gasteiger partial charge in [-0.2, -0.15) is 0 Å². The lowest BCUT2D eigenvalue weighted by molar-refractivity contribution is 0.0846. The van der Waals surface area contributed by atoms with E-state index in [1.807, 2.05) is 0 Å². The van der Waals surface area contributed by atoms with E-state index in [0.717, 1.165) is 4.90 Å². The van der Waals surface area contributed by atoms with Gasteiger partial charge in [-0.05, 0) is 31.0 Å². The number of fused-ring (bicyclic) bond motifs is 1. The maximum absolute atomic E-state index is 13.3. The highest BCUT2D eigenvalue weighted by Crippen LogP contribution is 2.26. The quantitative estimate of drug-likeness (QED) is 0.828. The fraction of sp³-hybridized carbons (Fsp3) is 0.286. The highest BCUT2D eigenvalue weighted by molar-refractivity contribution is 6.11. The minimum absolute atomic E-state index is 0.276. The minimum Gasteiger partial charge on any atom is -0.465 e. The molecule has 0 bridgehead atoms. The lowest BCUT2D eigenvalue weighted by Gasteiger charge is -2.19. The molecule has 1 aromatic carbocycles. The fourth-order valence-corrected chi connectivity index (χ4v) is 2.74. The predicted molar refractivity (Wildman–Crippen MR) is 70.3 cm³/mol. The van der Waals surface area contributed by atoms with Gasteiger partial charge in [-0.3, -0.25) is 9.69 Å².